The summed E-state index contributed by atoms with van der Waals surface area (Å²) in [5.74, 6) is 3.55. The van der Waals surface area contributed by atoms with Crippen molar-refractivity contribution in [2.75, 3.05) is 13.1 Å². The summed E-state index contributed by atoms with van der Waals surface area (Å²) in [6, 6.07) is 5.76. The summed E-state index contributed by atoms with van der Waals surface area (Å²) in [4.78, 5) is 0. The molecule has 0 aromatic heterocycles. The number of nitrogens with one attached hydrogen (secondary N) is 1. The van der Waals surface area contributed by atoms with E-state index in [-0.39, 0.29) is 6.10 Å². The zero-order valence-corrected chi connectivity index (χ0v) is 9.76. The van der Waals surface area contributed by atoms with Crippen LogP contribution in [-0.2, 0) is 6.42 Å². The van der Waals surface area contributed by atoms with Crippen LogP contribution in [0.25, 0.3) is 0 Å². The Hall–Kier alpha value is -1.17. The molecule has 0 fully saturated rings. The average molecular weight is 236 g/mol. The molecule has 2 rings (SSSR count). The highest BCUT2D eigenvalue weighted by Crippen LogP contribution is 2.30. The van der Waals surface area contributed by atoms with E-state index < -0.39 is 0 Å². The first-order valence-electron chi connectivity index (χ1n) is 5.39. The van der Waals surface area contributed by atoms with Gasteiger partial charge in [-0.05, 0) is 23.8 Å². The summed E-state index contributed by atoms with van der Waals surface area (Å²) >= 11 is 5.92. The number of ether oxygens (including phenoxy) is 1. The average Bonchev–Trinajstić information content (AvgIpc) is 2.66. The standard InChI is InChI=1S/C13H14ClNO/c1-2-3-6-15-9-12-8-10-7-11(14)4-5-13(10)16-12/h1,4-5,7,12,15H,3,6,8-9H2. The maximum absolute atomic E-state index is 5.92. The van der Waals surface area contributed by atoms with Crippen LogP contribution in [0, 0.1) is 12.3 Å². The first-order valence-corrected chi connectivity index (χ1v) is 5.76. The molecule has 84 valence electrons. The molecule has 0 saturated carbocycles. The van der Waals surface area contributed by atoms with E-state index in [1.807, 2.05) is 18.2 Å². The molecule has 1 aliphatic rings. The molecule has 0 radical (unpaired) electrons. The third kappa shape index (κ3) is 2.69. The zero-order chi connectivity index (χ0) is 11.4. The fraction of sp³-hybridized carbons (Fsp3) is 0.385. The van der Waals surface area contributed by atoms with Crippen molar-refractivity contribution in [2.45, 2.75) is 18.9 Å². The van der Waals surface area contributed by atoms with Gasteiger partial charge < -0.3 is 10.1 Å². The Balaban J connectivity index is 1.84. The van der Waals surface area contributed by atoms with Crippen molar-refractivity contribution >= 4 is 11.6 Å². The second-order valence-electron chi connectivity index (χ2n) is 3.85. The van der Waals surface area contributed by atoms with E-state index in [9.17, 15) is 0 Å². The van der Waals surface area contributed by atoms with Gasteiger partial charge in [-0.25, -0.2) is 0 Å². The molecule has 1 aromatic rings. The van der Waals surface area contributed by atoms with Crippen molar-refractivity contribution in [3.05, 3.63) is 28.8 Å². The van der Waals surface area contributed by atoms with Crippen molar-refractivity contribution in [1.82, 2.24) is 5.32 Å². The number of terminal acetylenes is 1. The molecule has 1 aliphatic heterocycles. The van der Waals surface area contributed by atoms with Gasteiger partial charge in [0.15, 0.2) is 0 Å². The fourth-order valence-corrected chi connectivity index (χ4v) is 2.02. The second kappa shape index (κ2) is 5.25. The van der Waals surface area contributed by atoms with Crippen LogP contribution in [-0.4, -0.2) is 19.2 Å². The predicted octanol–water partition coefficient (Wildman–Crippen LogP) is 2.26. The van der Waals surface area contributed by atoms with Gasteiger partial charge >= 0.3 is 0 Å². The molecule has 1 unspecified atom stereocenters. The zero-order valence-electron chi connectivity index (χ0n) is 9.00. The molecular weight excluding hydrogens is 222 g/mol. The summed E-state index contributed by atoms with van der Waals surface area (Å²) in [7, 11) is 0. The lowest BCUT2D eigenvalue weighted by Crippen LogP contribution is -2.30. The molecule has 2 nitrogen and oxygen atoms in total. The van der Waals surface area contributed by atoms with Crippen LogP contribution in [0.4, 0.5) is 0 Å². The van der Waals surface area contributed by atoms with Crippen LogP contribution >= 0.6 is 11.6 Å². The van der Waals surface area contributed by atoms with Crippen LogP contribution in [0.5, 0.6) is 5.75 Å². The lowest BCUT2D eigenvalue weighted by molar-refractivity contribution is 0.228. The lowest BCUT2D eigenvalue weighted by Gasteiger charge is -2.10. The van der Waals surface area contributed by atoms with Crippen LogP contribution in [0.15, 0.2) is 18.2 Å². The van der Waals surface area contributed by atoms with Crippen LogP contribution in [0.3, 0.4) is 0 Å². The largest absolute Gasteiger partial charge is 0.488 e. The second-order valence-corrected chi connectivity index (χ2v) is 4.29. The van der Waals surface area contributed by atoms with Crippen LogP contribution in [0.2, 0.25) is 5.02 Å². The third-order valence-corrected chi connectivity index (χ3v) is 2.82. The number of rotatable bonds is 4. The Morgan fingerprint density at radius 2 is 2.44 bits per heavy atom. The Morgan fingerprint density at radius 1 is 1.56 bits per heavy atom. The van der Waals surface area contributed by atoms with Gasteiger partial charge in [0.1, 0.15) is 11.9 Å². The fourth-order valence-electron chi connectivity index (χ4n) is 1.83. The van der Waals surface area contributed by atoms with E-state index in [1.165, 1.54) is 5.56 Å². The number of fused-ring (bicyclic) bond motifs is 1. The predicted molar refractivity (Wildman–Crippen MR) is 65.9 cm³/mol. The first-order chi connectivity index (χ1) is 7.79. The van der Waals surface area contributed by atoms with E-state index >= 15 is 0 Å². The van der Waals surface area contributed by atoms with Gasteiger partial charge in [0, 0.05) is 31.0 Å². The Bertz CT molecular complexity index is 411. The number of hydrogen-bond acceptors (Lipinski definition) is 2. The molecule has 1 N–H and O–H groups in total. The number of hydrogen-bond donors (Lipinski definition) is 1. The molecule has 0 aliphatic carbocycles. The van der Waals surface area contributed by atoms with Crippen molar-refractivity contribution < 1.29 is 4.74 Å². The van der Waals surface area contributed by atoms with Gasteiger partial charge in [-0.3, -0.25) is 0 Å². The first kappa shape index (κ1) is 11.3. The molecule has 16 heavy (non-hydrogen) atoms. The monoisotopic (exact) mass is 235 g/mol. The Kier molecular flexibility index (Phi) is 3.71. The van der Waals surface area contributed by atoms with Gasteiger partial charge in [0.2, 0.25) is 0 Å². The summed E-state index contributed by atoms with van der Waals surface area (Å²) in [6.45, 7) is 1.67. The smallest absolute Gasteiger partial charge is 0.123 e. The molecular formula is C13H14ClNO. The summed E-state index contributed by atoms with van der Waals surface area (Å²) in [5.41, 5.74) is 1.19. The van der Waals surface area contributed by atoms with Crippen molar-refractivity contribution in [1.29, 1.82) is 0 Å². The minimum absolute atomic E-state index is 0.200. The van der Waals surface area contributed by atoms with E-state index in [0.717, 1.165) is 36.7 Å². The van der Waals surface area contributed by atoms with Crippen LogP contribution in [0.1, 0.15) is 12.0 Å². The lowest BCUT2D eigenvalue weighted by atomic mass is 10.1. The van der Waals surface area contributed by atoms with Gasteiger partial charge in [0.05, 0.1) is 0 Å². The highest BCUT2D eigenvalue weighted by molar-refractivity contribution is 6.30. The molecule has 0 amide bonds. The summed E-state index contributed by atoms with van der Waals surface area (Å²) in [5, 5.41) is 4.04. The Morgan fingerprint density at radius 3 is 3.25 bits per heavy atom. The molecule has 1 atom stereocenters. The van der Waals surface area contributed by atoms with Crippen LogP contribution < -0.4 is 10.1 Å². The third-order valence-electron chi connectivity index (χ3n) is 2.58. The maximum atomic E-state index is 5.92. The van der Waals surface area contributed by atoms with Crippen molar-refractivity contribution in [2.24, 2.45) is 0 Å². The number of benzene rings is 1. The normalized spacial score (nSPS) is 17.6. The van der Waals surface area contributed by atoms with Crippen molar-refractivity contribution in [3.8, 4) is 18.1 Å². The molecule has 0 saturated heterocycles. The molecule has 3 heteroatoms. The summed E-state index contributed by atoms with van der Waals surface area (Å²) in [6.07, 6.45) is 7.04. The van der Waals surface area contributed by atoms with E-state index in [0.29, 0.717) is 0 Å². The molecule has 1 aromatic carbocycles. The molecule has 0 spiro atoms. The number of halogens is 1. The highest BCUT2D eigenvalue weighted by Gasteiger charge is 2.22. The Labute approximate surface area is 101 Å². The van der Waals surface area contributed by atoms with Gasteiger partial charge in [0.25, 0.3) is 0 Å². The summed E-state index contributed by atoms with van der Waals surface area (Å²) < 4.78 is 5.77. The van der Waals surface area contributed by atoms with E-state index in [2.05, 4.69) is 11.2 Å². The minimum Gasteiger partial charge on any atom is -0.488 e. The topological polar surface area (TPSA) is 21.3 Å². The van der Waals surface area contributed by atoms with Gasteiger partial charge in [-0.2, -0.15) is 0 Å². The maximum Gasteiger partial charge on any atom is 0.123 e. The molecule has 1 heterocycles. The van der Waals surface area contributed by atoms with E-state index in [1.54, 1.807) is 0 Å². The highest BCUT2D eigenvalue weighted by atomic mass is 35.5. The van der Waals surface area contributed by atoms with Gasteiger partial charge in [-0.15, -0.1) is 12.3 Å². The quantitative estimate of drug-likeness (QED) is 0.639. The SMILES string of the molecule is C#CCCNCC1Cc2cc(Cl)ccc2O1. The van der Waals surface area contributed by atoms with Gasteiger partial charge in [-0.1, -0.05) is 11.6 Å². The molecule has 0 bridgehead atoms. The minimum atomic E-state index is 0.200. The van der Waals surface area contributed by atoms with E-state index in [4.69, 9.17) is 22.8 Å². The van der Waals surface area contributed by atoms with Crippen molar-refractivity contribution in [3.63, 3.8) is 0 Å².